The van der Waals surface area contributed by atoms with Crippen LogP contribution >= 0.6 is 23.2 Å². The van der Waals surface area contributed by atoms with Crippen molar-refractivity contribution in [2.75, 3.05) is 4.72 Å². The zero-order valence-corrected chi connectivity index (χ0v) is 12.2. The largest absolute Gasteiger partial charge is 0.278 e. The molecule has 0 radical (unpaired) electrons. The first-order valence-corrected chi connectivity index (χ1v) is 7.50. The molecule has 1 aromatic carbocycles. The molecule has 0 unspecified atom stereocenters. The molecule has 0 aliphatic carbocycles. The van der Waals surface area contributed by atoms with Crippen molar-refractivity contribution in [3.63, 3.8) is 0 Å². The van der Waals surface area contributed by atoms with Gasteiger partial charge in [0.05, 0.1) is 27.4 Å². The summed E-state index contributed by atoms with van der Waals surface area (Å²) in [7, 11) is -3.93. The van der Waals surface area contributed by atoms with Gasteiger partial charge in [0.15, 0.2) is 0 Å². The van der Waals surface area contributed by atoms with Gasteiger partial charge in [-0.25, -0.2) is 8.42 Å². The Morgan fingerprint density at radius 1 is 1.20 bits per heavy atom. The first-order valence-electron chi connectivity index (χ1n) is 5.26. The van der Waals surface area contributed by atoms with Crippen LogP contribution in [0, 0.1) is 11.3 Å². The summed E-state index contributed by atoms with van der Waals surface area (Å²) in [6.45, 7) is 0. The molecule has 20 heavy (non-hydrogen) atoms. The smallest absolute Gasteiger partial charge is 0.264 e. The molecular formula is C12H7Cl2N3O2S. The van der Waals surface area contributed by atoms with Gasteiger partial charge in [0.25, 0.3) is 10.0 Å². The van der Waals surface area contributed by atoms with E-state index in [1.807, 2.05) is 6.07 Å². The van der Waals surface area contributed by atoms with Gasteiger partial charge in [-0.15, -0.1) is 0 Å². The average molecular weight is 328 g/mol. The number of aromatic nitrogens is 1. The number of halogens is 2. The lowest BCUT2D eigenvalue weighted by atomic mass is 10.2. The van der Waals surface area contributed by atoms with Gasteiger partial charge in [-0.3, -0.25) is 9.71 Å². The highest BCUT2D eigenvalue weighted by molar-refractivity contribution is 7.92. The third-order valence-electron chi connectivity index (χ3n) is 2.36. The zero-order valence-electron chi connectivity index (χ0n) is 9.84. The first-order chi connectivity index (χ1) is 9.44. The number of nitriles is 1. The third-order valence-corrected chi connectivity index (χ3v) is 4.53. The normalized spacial score (nSPS) is 10.8. The Labute approximate surface area is 125 Å². The zero-order chi connectivity index (χ0) is 14.8. The number of nitrogens with one attached hydrogen (secondary N) is 1. The SMILES string of the molecule is N#Cc1ccc(Cl)c(NS(=O)(=O)c2cnccc2Cl)c1. The van der Waals surface area contributed by atoms with Crippen molar-refractivity contribution in [2.24, 2.45) is 0 Å². The molecule has 1 N–H and O–H groups in total. The number of hydrogen-bond acceptors (Lipinski definition) is 4. The van der Waals surface area contributed by atoms with Crippen molar-refractivity contribution in [1.29, 1.82) is 5.26 Å². The molecule has 2 aromatic rings. The summed E-state index contributed by atoms with van der Waals surface area (Å²) in [6.07, 6.45) is 2.51. The summed E-state index contributed by atoms with van der Waals surface area (Å²) in [5.41, 5.74) is 0.384. The summed E-state index contributed by atoms with van der Waals surface area (Å²) >= 11 is 11.7. The first kappa shape index (κ1) is 14.6. The Kier molecular flexibility index (Phi) is 4.14. The predicted octanol–water partition coefficient (Wildman–Crippen LogP) is 3.06. The van der Waals surface area contributed by atoms with Crippen molar-refractivity contribution in [3.05, 3.63) is 52.3 Å². The van der Waals surface area contributed by atoms with Crippen LogP contribution in [0.15, 0.2) is 41.6 Å². The lowest BCUT2D eigenvalue weighted by Gasteiger charge is -2.10. The van der Waals surface area contributed by atoms with Crippen LogP contribution < -0.4 is 4.72 Å². The van der Waals surface area contributed by atoms with E-state index in [0.29, 0.717) is 0 Å². The monoisotopic (exact) mass is 327 g/mol. The number of benzene rings is 1. The van der Waals surface area contributed by atoms with E-state index >= 15 is 0 Å². The topological polar surface area (TPSA) is 82.9 Å². The van der Waals surface area contributed by atoms with Crippen LogP contribution in [-0.2, 0) is 10.0 Å². The standard InChI is InChI=1S/C12H7Cl2N3O2S/c13-9-2-1-8(6-15)5-11(9)17-20(18,19)12-7-16-4-3-10(12)14/h1-5,7,17H. The molecule has 1 heterocycles. The van der Waals surface area contributed by atoms with Gasteiger partial charge >= 0.3 is 0 Å². The summed E-state index contributed by atoms with van der Waals surface area (Å²) in [5.74, 6) is 0. The van der Waals surface area contributed by atoms with Crippen LogP contribution in [0.2, 0.25) is 10.0 Å². The van der Waals surface area contributed by atoms with Gasteiger partial charge in [-0.2, -0.15) is 5.26 Å². The fraction of sp³-hybridized carbons (Fsp3) is 0. The number of rotatable bonds is 3. The van der Waals surface area contributed by atoms with Crippen molar-refractivity contribution in [1.82, 2.24) is 4.98 Å². The molecule has 8 heteroatoms. The van der Waals surface area contributed by atoms with E-state index in [2.05, 4.69) is 9.71 Å². The van der Waals surface area contributed by atoms with Crippen LogP contribution in [0.4, 0.5) is 5.69 Å². The molecule has 0 bridgehead atoms. The van der Waals surface area contributed by atoms with Crippen molar-refractivity contribution in [3.8, 4) is 6.07 Å². The van der Waals surface area contributed by atoms with E-state index in [1.165, 1.54) is 30.5 Å². The lowest BCUT2D eigenvalue weighted by Crippen LogP contribution is -2.14. The second-order valence-corrected chi connectivity index (χ2v) is 6.18. The summed E-state index contributed by atoms with van der Waals surface area (Å²) in [4.78, 5) is 3.55. The van der Waals surface area contributed by atoms with Crippen LogP contribution in [-0.4, -0.2) is 13.4 Å². The van der Waals surface area contributed by atoms with E-state index in [4.69, 9.17) is 28.5 Å². The molecule has 0 fully saturated rings. The average Bonchev–Trinajstić information content (AvgIpc) is 2.41. The van der Waals surface area contributed by atoms with Gasteiger partial charge in [0.2, 0.25) is 0 Å². The summed E-state index contributed by atoms with van der Waals surface area (Å²) in [5, 5.41) is 9.03. The van der Waals surface area contributed by atoms with Crippen molar-refractivity contribution < 1.29 is 8.42 Å². The van der Waals surface area contributed by atoms with Gasteiger partial charge in [0, 0.05) is 12.4 Å². The fourth-order valence-corrected chi connectivity index (χ4v) is 3.16. The van der Waals surface area contributed by atoms with Crippen LogP contribution in [0.5, 0.6) is 0 Å². The predicted molar refractivity (Wildman–Crippen MR) is 76.2 cm³/mol. The minimum Gasteiger partial charge on any atom is -0.278 e. The maximum atomic E-state index is 12.2. The minimum atomic E-state index is -3.93. The second kappa shape index (κ2) is 5.67. The van der Waals surface area contributed by atoms with E-state index in [0.717, 1.165) is 6.20 Å². The summed E-state index contributed by atoms with van der Waals surface area (Å²) in [6, 6.07) is 7.52. The summed E-state index contributed by atoms with van der Waals surface area (Å²) < 4.78 is 26.7. The molecule has 5 nitrogen and oxygen atoms in total. The van der Waals surface area contributed by atoms with E-state index < -0.39 is 10.0 Å². The second-order valence-electron chi connectivity index (χ2n) is 3.72. The maximum absolute atomic E-state index is 12.2. The molecule has 0 saturated heterocycles. The molecule has 0 atom stereocenters. The highest BCUT2D eigenvalue weighted by Gasteiger charge is 2.19. The number of anilines is 1. The van der Waals surface area contributed by atoms with E-state index in [9.17, 15) is 8.42 Å². The Balaban J connectivity index is 2.44. The Morgan fingerprint density at radius 2 is 1.95 bits per heavy atom. The van der Waals surface area contributed by atoms with Crippen LogP contribution in [0.25, 0.3) is 0 Å². The van der Waals surface area contributed by atoms with Crippen LogP contribution in [0.1, 0.15) is 5.56 Å². The molecular weight excluding hydrogens is 321 g/mol. The number of nitrogens with zero attached hydrogens (tertiary/aromatic N) is 2. The maximum Gasteiger partial charge on any atom is 0.264 e. The highest BCUT2D eigenvalue weighted by atomic mass is 35.5. The third kappa shape index (κ3) is 3.02. The number of hydrogen-bond donors (Lipinski definition) is 1. The molecule has 1 aromatic heterocycles. The Hall–Kier alpha value is -1.81. The van der Waals surface area contributed by atoms with E-state index in [1.54, 1.807) is 0 Å². The molecule has 0 amide bonds. The molecule has 0 saturated carbocycles. The number of sulfonamides is 1. The van der Waals surface area contributed by atoms with Crippen molar-refractivity contribution >= 4 is 38.9 Å². The van der Waals surface area contributed by atoms with E-state index in [-0.39, 0.29) is 26.2 Å². The molecule has 0 aliphatic heterocycles. The number of pyridine rings is 1. The molecule has 0 spiro atoms. The highest BCUT2D eigenvalue weighted by Crippen LogP contribution is 2.27. The Morgan fingerprint density at radius 3 is 2.60 bits per heavy atom. The van der Waals surface area contributed by atoms with Gasteiger partial charge < -0.3 is 0 Å². The van der Waals surface area contributed by atoms with Gasteiger partial charge in [-0.05, 0) is 24.3 Å². The quantitative estimate of drug-likeness (QED) is 0.939. The van der Waals surface area contributed by atoms with Gasteiger partial charge in [0.1, 0.15) is 4.90 Å². The fourth-order valence-electron chi connectivity index (χ4n) is 1.43. The minimum absolute atomic E-state index is 0.0417. The lowest BCUT2D eigenvalue weighted by molar-refractivity contribution is 0.601. The molecule has 0 aliphatic rings. The van der Waals surface area contributed by atoms with Gasteiger partial charge in [-0.1, -0.05) is 23.2 Å². The molecule has 2 rings (SSSR count). The van der Waals surface area contributed by atoms with Crippen molar-refractivity contribution in [2.45, 2.75) is 4.90 Å². The molecule has 102 valence electrons. The van der Waals surface area contributed by atoms with Crippen LogP contribution in [0.3, 0.4) is 0 Å². The Bertz CT molecular complexity index is 801.